The number of hydrogen-bond acceptors (Lipinski definition) is 3. The number of carbonyl (C=O) groups excluding carboxylic acids is 1. The number of carbonyl (C=O) groups is 1. The highest BCUT2D eigenvalue weighted by molar-refractivity contribution is 6.39. The van der Waals surface area contributed by atoms with Crippen LogP contribution in [-0.2, 0) is 4.79 Å². The molecule has 1 fully saturated rings. The zero-order chi connectivity index (χ0) is 14.2. The van der Waals surface area contributed by atoms with Crippen LogP contribution in [0.5, 0.6) is 0 Å². The molecule has 1 amide bonds. The summed E-state index contributed by atoms with van der Waals surface area (Å²) < 4.78 is 0. The molecule has 0 saturated carbocycles. The lowest BCUT2D eigenvalue weighted by molar-refractivity contribution is -0.129. The van der Waals surface area contributed by atoms with Gasteiger partial charge in [-0.1, -0.05) is 23.2 Å². The van der Waals surface area contributed by atoms with Crippen molar-refractivity contribution in [3.8, 4) is 0 Å². The van der Waals surface area contributed by atoms with Gasteiger partial charge in [0.2, 0.25) is 5.91 Å². The van der Waals surface area contributed by atoms with Gasteiger partial charge in [0.15, 0.2) is 0 Å². The maximum atomic E-state index is 12.2. The Labute approximate surface area is 123 Å². The monoisotopic (exact) mass is 301 g/mol. The lowest BCUT2D eigenvalue weighted by atomic mass is 10.1. The number of nitrogen functional groups attached to an aromatic ring is 1. The fourth-order valence-electron chi connectivity index (χ4n) is 2.45. The Kier molecular flexibility index (Phi) is 4.11. The smallest absolute Gasteiger partial charge is 0.244 e. The first kappa shape index (κ1) is 14.3. The van der Waals surface area contributed by atoms with E-state index in [1.807, 2.05) is 4.90 Å². The van der Waals surface area contributed by atoms with E-state index in [0.29, 0.717) is 21.4 Å². The predicted molar refractivity (Wildman–Crippen MR) is 79.9 cm³/mol. The molecular formula is C13H17Cl2N3O. The van der Waals surface area contributed by atoms with Gasteiger partial charge in [-0.3, -0.25) is 4.79 Å². The van der Waals surface area contributed by atoms with E-state index in [1.54, 1.807) is 31.1 Å². The van der Waals surface area contributed by atoms with Crippen molar-refractivity contribution in [3.63, 3.8) is 0 Å². The van der Waals surface area contributed by atoms with E-state index in [9.17, 15) is 4.79 Å². The standard InChI is InChI=1S/C13H17Cl2N3O/c1-17(2)13(19)11-4-3-5-18(11)12-9(14)6-8(16)7-10(12)15/h6-7,11H,3-5,16H2,1-2H3. The largest absolute Gasteiger partial charge is 0.399 e. The molecule has 0 spiro atoms. The first-order valence-corrected chi connectivity index (χ1v) is 6.89. The summed E-state index contributed by atoms with van der Waals surface area (Å²) in [5.41, 5.74) is 6.93. The van der Waals surface area contributed by atoms with Gasteiger partial charge in [0, 0.05) is 26.3 Å². The van der Waals surface area contributed by atoms with E-state index in [-0.39, 0.29) is 11.9 Å². The van der Waals surface area contributed by atoms with Crippen LogP contribution in [0.3, 0.4) is 0 Å². The molecule has 1 saturated heterocycles. The number of benzene rings is 1. The average Bonchev–Trinajstić information content (AvgIpc) is 2.75. The Balaban J connectivity index is 2.38. The van der Waals surface area contributed by atoms with E-state index < -0.39 is 0 Å². The molecule has 2 N–H and O–H groups in total. The van der Waals surface area contributed by atoms with Crippen LogP contribution in [0.2, 0.25) is 10.0 Å². The first-order chi connectivity index (χ1) is 8.91. The third kappa shape index (κ3) is 2.74. The molecule has 4 nitrogen and oxygen atoms in total. The second kappa shape index (κ2) is 5.47. The molecule has 0 radical (unpaired) electrons. The molecule has 0 aliphatic carbocycles. The van der Waals surface area contributed by atoms with Crippen molar-refractivity contribution in [3.05, 3.63) is 22.2 Å². The molecule has 1 unspecified atom stereocenters. The summed E-state index contributed by atoms with van der Waals surface area (Å²) in [4.78, 5) is 15.8. The molecule has 6 heteroatoms. The molecule has 2 rings (SSSR count). The molecule has 0 aromatic heterocycles. The van der Waals surface area contributed by atoms with Crippen molar-refractivity contribution < 1.29 is 4.79 Å². The first-order valence-electron chi connectivity index (χ1n) is 6.14. The molecule has 1 aromatic carbocycles. The highest BCUT2D eigenvalue weighted by Crippen LogP contribution is 2.39. The van der Waals surface area contributed by atoms with Crippen LogP contribution >= 0.6 is 23.2 Å². The Bertz CT molecular complexity index is 482. The van der Waals surface area contributed by atoms with Crippen LogP contribution in [0.1, 0.15) is 12.8 Å². The van der Waals surface area contributed by atoms with Crippen LogP contribution in [0.4, 0.5) is 11.4 Å². The van der Waals surface area contributed by atoms with Crippen LogP contribution in [0, 0.1) is 0 Å². The van der Waals surface area contributed by atoms with Gasteiger partial charge in [-0.15, -0.1) is 0 Å². The van der Waals surface area contributed by atoms with E-state index in [1.165, 1.54) is 0 Å². The van der Waals surface area contributed by atoms with Crippen molar-refractivity contribution in [1.82, 2.24) is 4.90 Å². The van der Waals surface area contributed by atoms with Crippen LogP contribution in [-0.4, -0.2) is 37.5 Å². The summed E-state index contributed by atoms with van der Waals surface area (Å²) in [6, 6.07) is 3.13. The average molecular weight is 302 g/mol. The number of amides is 1. The summed E-state index contributed by atoms with van der Waals surface area (Å²) in [5.74, 6) is 0.0708. The summed E-state index contributed by atoms with van der Waals surface area (Å²) in [5, 5.41) is 0.979. The normalized spacial score (nSPS) is 18.7. The fraction of sp³-hybridized carbons (Fsp3) is 0.462. The molecular weight excluding hydrogens is 285 g/mol. The fourth-order valence-corrected chi connectivity index (χ4v) is 3.17. The topological polar surface area (TPSA) is 49.6 Å². The zero-order valence-electron chi connectivity index (χ0n) is 11.0. The molecule has 1 aromatic rings. The second-order valence-electron chi connectivity index (χ2n) is 4.92. The van der Waals surface area contributed by atoms with Crippen LogP contribution in [0.25, 0.3) is 0 Å². The number of hydrogen-bond donors (Lipinski definition) is 1. The number of nitrogens with zero attached hydrogens (tertiary/aromatic N) is 2. The third-order valence-corrected chi connectivity index (χ3v) is 3.88. The minimum atomic E-state index is -0.200. The van der Waals surface area contributed by atoms with Crippen molar-refractivity contribution in [1.29, 1.82) is 0 Å². The summed E-state index contributed by atoms with van der Waals surface area (Å²) >= 11 is 12.5. The zero-order valence-corrected chi connectivity index (χ0v) is 12.5. The Morgan fingerprint density at radius 2 is 1.95 bits per heavy atom. The number of halogens is 2. The van der Waals surface area contributed by atoms with E-state index >= 15 is 0 Å². The number of likely N-dealkylation sites (N-methyl/N-ethyl adjacent to an activating group) is 1. The minimum Gasteiger partial charge on any atom is -0.399 e. The quantitative estimate of drug-likeness (QED) is 0.854. The molecule has 1 aliphatic rings. The van der Waals surface area contributed by atoms with Gasteiger partial charge in [0.05, 0.1) is 15.7 Å². The highest BCUT2D eigenvalue weighted by Gasteiger charge is 2.34. The lowest BCUT2D eigenvalue weighted by Crippen LogP contribution is -2.43. The van der Waals surface area contributed by atoms with Crippen LogP contribution < -0.4 is 10.6 Å². The van der Waals surface area contributed by atoms with Gasteiger partial charge in [0.25, 0.3) is 0 Å². The maximum absolute atomic E-state index is 12.2. The SMILES string of the molecule is CN(C)C(=O)C1CCCN1c1c(Cl)cc(N)cc1Cl. The van der Waals surface area contributed by atoms with E-state index in [2.05, 4.69) is 0 Å². The minimum absolute atomic E-state index is 0.0708. The summed E-state index contributed by atoms with van der Waals surface area (Å²) in [6.45, 7) is 0.771. The van der Waals surface area contributed by atoms with Crippen molar-refractivity contribution in [2.75, 3.05) is 31.3 Å². The predicted octanol–water partition coefficient (Wildman–Crippen LogP) is 2.63. The van der Waals surface area contributed by atoms with Gasteiger partial charge in [-0.2, -0.15) is 0 Å². The number of anilines is 2. The highest BCUT2D eigenvalue weighted by atomic mass is 35.5. The van der Waals surface area contributed by atoms with Crippen molar-refractivity contribution in [2.24, 2.45) is 0 Å². The molecule has 1 atom stereocenters. The Morgan fingerprint density at radius 1 is 1.37 bits per heavy atom. The van der Waals surface area contributed by atoms with Gasteiger partial charge < -0.3 is 15.5 Å². The summed E-state index contributed by atoms with van der Waals surface area (Å²) in [6.07, 6.45) is 1.76. The van der Waals surface area contributed by atoms with Crippen LogP contribution in [0.15, 0.2) is 12.1 Å². The van der Waals surface area contributed by atoms with Gasteiger partial charge in [-0.25, -0.2) is 0 Å². The summed E-state index contributed by atoms with van der Waals surface area (Å²) in [7, 11) is 3.51. The van der Waals surface area contributed by atoms with E-state index in [0.717, 1.165) is 19.4 Å². The van der Waals surface area contributed by atoms with Gasteiger partial charge in [-0.05, 0) is 25.0 Å². The third-order valence-electron chi connectivity index (χ3n) is 3.31. The molecule has 1 heterocycles. The van der Waals surface area contributed by atoms with Gasteiger partial charge >= 0.3 is 0 Å². The molecule has 19 heavy (non-hydrogen) atoms. The van der Waals surface area contributed by atoms with E-state index in [4.69, 9.17) is 28.9 Å². The molecule has 0 bridgehead atoms. The number of nitrogens with two attached hydrogens (primary N) is 1. The molecule has 1 aliphatic heterocycles. The van der Waals surface area contributed by atoms with Gasteiger partial charge in [0.1, 0.15) is 6.04 Å². The molecule has 104 valence electrons. The maximum Gasteiger partial charge on any atom is 0.244 e. The number of rotatable bonds is 2. The lowest BCUT2D eigenvalue weighted by Gasteiger charge is -2.29. The Morgan fingerprint density at radius 3 is 2.47 bits per heavy atom. The van der Waals surface area contributed by atoms with Crippen molar-refractivity contribution >= 4 is 40.5 Å². The second-order valence-corrected chi connectivity index (χ2v) is 5.73. The van der Waals surface area contributed by atoms with Crippen molar-refractivity contribution in [2.45, 2.75) is 18.9 Å². The Hall–Kier alpha value is -1.13.